The zero-order valence-electron chi connectivity index (χ0n) is 16.4. The van der Waals surface area contributed by atoms with Crippen molar-refractivity contribution in [3.8, 4) is 0 Å². The van der Waals surface area contributed by atoms with Crippen LogP contribution in [0.2, 0.25) is 0 Å². The van der Waals surface area contributed by atoms with Crippen LogP contribution in [0.5, 0.6) is 0 Å². The number of nitrogens with zero attached hydrogens (tertiary/aromatic N) is 2. The smallest absolute Gasteiger partial charge is 0.240 e. The van der Waals surface area contributed by atoms with Gasteiger partial charge in [-0.3, -0.25) is 9.59 Å². The van der Waals surface area contributed by atoms with Crippen LogP contribution in [0.25, 0.3) is 0 Å². The van der Waals surface area contributed by atoms with Gasteiger partial charge in [-0.05, 0) is 55.9 Å². The highest BCUT2D eigenvalue weighted by atomic mass is 16.5. The van der Waals surface area contributed by atoms with Gasteiger partial charge in [0.2, 0.25) is 11.8 Å². The summed E-state index contributed by atoms with van der Waals surface area (Å²) in [5, 5.41) is 2.88. The molecule has 3 rings (SSSR count). The molecule has 2 aliphatic rings. The molecule has 1 aromatic carbocycles. The van der Waals surface area contributed by atoms with E-state index in [4.69, 9.17) is 4.74 Å². The number of carbonyl (C=O) groups is 2. The summed E-state index contributed by atoms with van der Waals surface area (Å²) in [6.07, 6.45) is 4.56. The van der Waals surface area contributed by atoms with Crippen LogP contribution in [0.4, 0.5) is 11.4 Å². The number of nitrogens with one attached hydrogen (secondary N) is 1. The normalized spacial score (nSPS) is 20.5. The monoisotopic (exact) mass is 373 g/mol. The Morgan fingerprint density at radius 2 is 1.89 bits per heavy atom. The van der Waals surface area contributed by atoms with Crippen LogP contribution in [-0.2, 0) is 14.3 Å². The summed E-state index contributed by atoms with van der Waals surface area (Å²) >= 11 is 0. The fraction of sp³-hybridized carbons (Fsp3) is 0.619. The fourth-order valence-electron chi connectivity index (χ4n) is 3.73. The molecule has 1 unspecified atom stereocenters. The number of rotatable bonds is 6. The molecule has 2 aliphatic heterocycles. The lowest BCUT2D eigenvalue weighted by molar-refractivity contribution is -0.123. The number of piperidine rings is 1. The summed E-state index contributed by atoms with van der Waals surface area (Å²) in [5.41, 5.74) is 1.93. The van der Waals surface area contributed by atoms with E-state index in [9.17, 15) is 9.59 Å². The van der Waals surface area contributed by atoms with E-state index in [0.29, 0.717) is 6.54 Å². The molecule has 1 aromatic rings. The topological polar surface area (TPSA) is 61.9 Å². The number of ether oxygens (including phenoxy) is 1. The first-order valence-corrected chi connectivity index (χ1v) is 10.0. The van der Waals surface area contributed by atoms with Crippen LogP contribution in [0.3, 0.4) is 0 Å². The van der Waals surface area contributed by atoms with Gasteiger partial charge in [0, 0.05) is 44.5 Å². The van der Waals surface area contributed by atoms with Crippen LogP contribution >= 0.6 is 0 Å². The van der Waals surface area contributed by atoms with E-state index >= 15 is 0 Å². The largest absolute Gasteiger partial charge is 0.376 e. The van der Waals surface area contributed by atoms with Gasteiger partial charge >= 0.3 is 0 Å². The molecule has 2 heterocycles. The van der Waals surface area contributed by atoms with Crippen LogP contribution < -0.4 is 15.1 Å². The van der Waals surface area contributed by atoms with Gasteiger partial charge in [-0.25, -0.2) is 0 Å². The third-order valence-electron chi connectivity index (χ3n) is 5.54. The van der Waals surface area contributed by atoms with Crippen LogP contribution in [0, 0.1) is 5.92 Å². The maximum Gasteiger partial charge on any atom is 0.240 e. The number of benzene rings is 1. The predicted molar refractivity (Wildman–Crippen MR) is 107 cm³/mol. The van der Waals surface area contributed by atoms with Crippen molar-refractivity contribution in [2.75, 3.05) is 42.6 Å². The number of amides is 2. The van der Waals surface area contributed by atoms with E-state index in [1.165, 1.54) is 30.4 Å². The Balaban J connectivity index is 1.57. The second-order valence-corrected chi connectivity index (χ2v) is 7.73. The summed E-state index contributed by atoms with van der Waals surface area (Å²) in [6, 6.07) is 7.96. The Morgan fingerprint density at radius 3 is 2.48 bits per heavy atom. The molecular weight excluding hydrogens is 342 g/mol. The van der Waals surface area contributed by atoms with Gasteiger partial charge in [-0.2, -0.15) is 0 Å². The number of hydrogen-bond donors (Lipinski definition) is 1. The molecule has 2 fully saturated rings. The molecule has 148 valence electrons. The molecule has 2 saturated heterocycles. The van der Waals surface area contributed by atoms with Crippen molar-refractivity contribution in [3.63, 3.8) is 0 Å². The standard InChI is InChI=1S/C21H31N3O3/c1-16-9-11-23(12-10-16)18-5-7-19(8-6-18)24(17(2)25)15-21(26)22-14-20-4-3-13-27-20/h5-8,16,20H,3-4,9-15H2,1-2H3,(H,22,26). The van der Waals surface area contributed by atoms with E-state index in [-0.39, 0.29) is 24.5 Å². The van der Waals surface area contributed by atoms with Crippen molar-refractivity contribution in [1.29, 1.82) is 0 Å². The summed E-state index contributed by atoms with van der Waals surface area (Å²) in [6.45, 7) is 7.25. The molecule has 0 aliphatic carbocycles. The molecule has 6 heteroatoms. The van der Waals surface area contributed by atoms with E-state index in [1.807, 2.05) is 24.3 Å². The first-order chi connectivity index (χ1) is 13.0. The molecule has 0 spiro atoms. The van der Waals surface area contributed by atoms with E-state index < -0.39 is 0 Å². The van der Waals surface area contributed by atoms with Gasteiger partial charge in [0.1, 0.15) is 6.54 Å². The van der Waals surface area contributed by atoms with E-state index in [1.54, 1.807) is 0 Å². The lowest BCUT2D eigenvalue weighted by Crippen LogP contribution is -2.42. The second kappa shape index (κ2) is 9.22. The van der Waals surface area contributed by atoms with Crippen molar-refractivity contribution in [3.05, 3.63) is 24.3 Å². The lowest BCUT2D eigenvalue weighted by Gasteiger charge is -2.32. The van der Waals surface area contributed by atoms with Gasteiger partial charge in [0.05, 0.1) is 6.10 Å². The minimum Gasteiger partial charge on any atom is -0.376 e. The maximum absolute atomic E-state index is 12.3. The molecule has 0 radical (unpaired) electrons. The summed E-state index contributed by atoms with van der Waals surface area (Å²) in [4.78, 5) is 28.2. The van der Waals surface area contributed by atoms with Crippen LogP contribution in [-0.4, -0.2) is 50.7 Å². The first kappa shape index (κ1) is 19.7. The summed E-state index contributed by atoms with van der Waals surface area (Å²) < 4.78 is 5.52. The highest BCUT2D eigenvalue weighted by molar-refractivity contribution is 5.97. The SMILES string of the molecule is CC(=O)N(CC(=O)NCC1CCCO1)c1ccc(N2CCC(C)CC2)cc1. The van der Waals surface area contributed by atoms with Crippen molar-refractivity contribution < 1.29 is 14.3 Å². The van der Waals surface area contributed by atoms with Gasteiger partial charge < -0.3 is 19.9 Å². The van der Waals surface area contributed by atoms with Gasteiger partial charge in [-0.15, -0.1) is 0 Å². The van der Waals surface area contributed by atoms with E-state index in [0.717, 1.165) is 44.1 Å². The Labute approximate surface area is 161 Å². The highest BCUT2D eigenvalue weighted by Gasteiger charge is 2.20. The average molecular weight is 373 g/mol. The molecule has 6 nitrogen and oxygen atoms in total. The molecule has 0 aromatic heterocycles. The van der Waals surface area contributed by atoms with E-state index in [2.05, 4.69) is 17.1 Å². The highest BCUT2D eigenvalue weighted by Crippen LogP contribution is 2.25. The Hall–Kier alpha value is -2.08. The molecule has 1 N–H and O–H groups in total. The molecule has 0 bridgehead atoms. The Kier molecular flexibility index (Phi) is 6.72. The molecule has 27 heavy (non-hydrogen) atoms. The first-order valence-electron chi connectivity index (χ1n) is 10.0. The second-order valence-electron chi connectivity index (χ2n) is 7.73. The van der Waals surface area contributed by atoms with Gasteiger partial charge in [0.15, 0.2) is 0 Å². The summed E-state index contributed by atoms with van der Waals surface area (Å²) in [7, 11) is 0. The third-order valence-corrected chi connectivity index (χ3v) is 5.54. The van der Waals surface area contributed by atoms with Crippen molar-refractivity contribution >= 4 is 23.2 Å². The molecule has 0 saturated carbocycles. The lowest BCUT2D eigenvalue weighted by atomic mass is 9.99. The Bertz CT molecular complexity index is 633. The van der Waals surface area contributed by atoms with Crippen LogP contribution in [0.1, 0.15) is 39.5 Å². The third kappa shape index (κ3) is 5.45. The zero-order chi connectivity index (χ0) is 19.2. The fourth-order valence-corrected chi connectivity index (χ4v) is 3.73. The molecule has 1 atom stereocenters. The quantitative estimate of drug-likeness (QED) is 0.833. The zero-order valence-corrected chi connectivity index (χ0v) is 16.4. The predicted octanol–water partition coefficient (Wildman–Crippen LogP) is 2.57. The number of anilines is 2. The molecule has 2 amide bonds. The van der Waals surface area contributed by atoms with Crippen molar-refractivity contribution in [2.24, 2.45) is 5.92 Å². The number of carbonyl (C=O) groups excluding carboxylic acids is 2. The van der Waals surface area contributed by atoms with Crippen molar-refractivity contribution in [1.82, 2.24) is 5.32 Å². The van der Waals surface area contributed by atoms with Crippen molar-refractivity contribution in [2.45, 2.75) is 45.6 Å². The number of hydrogen-bond acceptors (Lipinski definition) is 4. The molecular formula is C21H31N3O3. The minimum atomic E-state index is -0.158. The minimum absolute atomic E-state index is 0.0304. The summed E-state index contributed by atoms with van der Waals surface area (Å²) in [5.74, 6) is 0.499. The average Bonchev–Trinajstić information content (AvgIpc) is 3.19. The van der Waals surface area contributed by atoms with Crippen LogP contribution in [0.15, 0.2) is 24.3 Å². The Morgan fingerprint density at radius 1 is 1.19 bits per heavy atom. The maximum atomic E-state index is 12.3. The van der Waals surface area contributed by atoms with Gasteiger partial charge in [-0.1, -0.05) is 6.92 Å². The van der Waals surface area contributed by atoms with Gasteiger partial charge in [0.25, 0.3) is 0 Å².